The number of benzene rings is 1. The van der Waals surface area contributed by atoms with E-state index in [0.29, 0.717) is 5.69 Å². The van der Waals surface area contributed by atoms with E-state index in [-0.39, 0.29) is 24.1 Å². The van der Waals surface area contributed by atoms with Gasteiger partial charge in [0, 0.05) is 12.1 Å². The molecule has 1 atom stereocenters. The fourth-order valence-electron chi connectivity index (χ4n) is 2.26. The predicted octanol–water partition coefficient (Wildman–Crippen LogP) is 2.48. The van der Waals surface area contributed by atoms with Crippen LogP contribution >= 0.6 is 0 Å². The Morgan fingerprint density at radius 1 is 1.41 bits per heavy atom. The van der Waals surface area contributed by atoms with E-state index < -0.39 is 5.54 Å². The van der Waals surface area contributed by atoms with Crippen molar-refractivity contribution < 1.29 is 9.18 Å². The van der Waals surface area contributed by atoms with Gasteiger partial charge < -0.3 is 4.90 Å². The molecule has 1 aliphatic heterocycles. The quantitative estimate of drug-likeness (QED) is 0.746. The molecule has 0 N–H and O–H groups in total. The summed E-state index contributed by atoms with van der Waals surface area (Å²) < 4.78 is 12.9. The minimum absolute atomic E-state index is 0.0897. The zero-order valence-electron chi connectivity index (χ0n) is 9.77. The molecule has 1 aromatic carbocycles. The molecule has 1 fully saturated rings. The molecule has 1 heterocycles. The first-order chi connectivity index (χ1) is 7.96. The average molecular weight is 232 g/mol. The Bertz CT molecular complexity index is 487. The molecular formula is C13H13FN2O. The summed E-state index contributed by atoms with van der Waals surface area (Å²) in [5, 5.41) is 9.04. The van der Waals surface area contributed by atoms with Crippen LogP contribution in [0.25, 0.3) is 0 Å². The van der Waals surface area contributed by atoms with E-state index in [4.69, 9.17) is 5.26 Å². The number of nitrogens with zero attached hydrogens (tertiary/aromatic N) is 2. The van der Waals surface area contributed by atoms with Crippen molar-refractivity contribution in [2.45, 2.75) is 25.8 Å². The molecular weight excluding hydrogens is 219 g/mol. The van der Waals surface area contributed by atoms with Gasteiger partial charge in [0.15, 0.2) is 0 Å². The molecule has 0 spiro atoms. The number of amides is 1. The fraction of sp³-hybridized carbons (Fsp3) is 0.385. The van der Waals surface area contributed by atoms with Crippen molar-refractivity contribution in [3.8, 4) is 6.07 Å². The molecule has 2 rings (SSSR count). The maximum absolute atomic E-state index is 12.9. The third-order valence-corrected chi connectivity index (χ3v) is 3.30. The molecule has 1 saturated heterocycles. The van der Waals surface area contributed by atoms with E-state index in [2.05, 4.69) is 6.07 Å². The van der Waals surface area contributed by atoms with E-state index in [1.807, 2.05) is 13.8 Å². The Labute approximate surface area is 99.5 Å². The Hall–Kier alpha value is -1.89. The van der Waals surface area contributed by atoms with Crippen molar-refractivity contribution in [3.05, 3.63) is 30.1 Å². The summed E-state index contributed by atoms with van der Waals surface area (Å²) in [4.78, 5) is 13.5. The van der Waals surface area contributed by atoms with E-state index in [1.54, 1.807) is 17.0 Å². The second-order valence-electron chi connectivity index (χ2n) is 4.75. The number of carbonyl (C=O) groups excluding carboxylic acids is 1. The van der Waals surface area contributed by atoms with Gasteiger partial charge in [-0.3, -0.25) is 4.79 Å². The number of nitriles is 1. The van der Waals surface area contributed by atoms with Crippen LogP contribution in [0, 0.1) is 23.1 Å². The van der Waals surface area contributed by atoms with Gasteiger partial charge in [-0.15, -0.1) is 0 Å². The molecule has 3 nitrogen and oxygen atoms in total. The van der Waals surface area contributed by atoms with Crippen molar-refractivity contribution in [2.24, 2.45) is 5.92 Å². The zero-order valence-corrected chi connectivity index (χ0v) is 9.77. The van der Waals surface area contributed by atoms with Crippen LogP contribution in [0.2, 0.25) is 0 Å². The number of anilines is 1. The lowest BCUT2D eigenvalue weighted by Crippen LogP contribution is -2.44. The number of halogens is 1. The Balaban J connectivity index is 2.42. The number of hydrogen-bond donors (Lipinski definition) is 0. The number of carbonyl (C=O) groups is 1. The lowest BCUT2D eigenvalue weighted by molar-refractivity contribution is -0.117. The molecule has 4 heteroatoms. The SMILES string of the molecule is CC1(C)C(C#N)CC(=O)N1c1ccc(F)cc1. The van der Waals surface area contributed by atoms with Crippen LogP contribution in [-0.4, -0.2) is 11.4 Å². The maximum atomic E-state index is 12.9. The van der Waals surface area contributed by atoms with Crippen LogP contribution in [0.5, 0.6) is 0 Å². The Kier molecular flexibility index (Phi) is 2.62. The van der Waals surface area contributed by atoms with Crippen molar-refractivity contribution in [3.63, 3.8) is 0 Å². The highest BCUT2D eigenvalue weighted by atomic mass is 19.1. The summed E-state index contributed by atoms with van der Waals surface area (Å²) in [6.07, 6.45) is 0.223. The van der Waals surface area contributed by atoms with Gasteiger partial charge in [0.2, 0.25) is 5.91 Å². The monoisotopic (exact) mass is 232 g/mol. The highest BCUT2D eigenvalue weighted by Gasteiger charge is 2.47. The molecule has 1 aromatic rings. The first kappa shape index (κ1) is 11.6. The summed E-state index contributed by atoms with van der Waals surface area (Å²) in [5.74, 6) is -0.761. The fourth-order valence-corrected chi connectivity index (χ4v) is 2.26. The minimum Gasteiger partial charge on any atom is -0.306 e. The molecule has 17 heavy (non-hydrogen) atoms. The molecule has 0 radical (unpaired) electrons. The van der Waals surface area contributed by atoms with Gasteiger partial charge in [-0.05, 0) is 38.1 Å². The molecule has 0 bridgehead atoms. The normalized spacial score (nSPS) is 22.6. The second-order valence-corrected chi connectivity index (χ2v) is 4.75. The van der Waals surface area contributed by atoms with Crippen LogP contribution in [0.15, 0.2) is 24.3 Å². The first-order valence-corrected chi connectivity index (χ1v) is 5.45. The van der Waals surface area contributed by atoms with Crippen molar-refractivity contribution in [1.82, 2.24) is 0 Å². The van der Waals surface area contributed by atoms with E-state index >= 15 is 0 Å². The summed E-state index contributed by atoms with van der Waals surface area (Å²) in [7, 11) is 0. The highest BCUT2D eigenvalue weighted by Crippen LogP contribution is 2.38. The zero-order chi connectivity index (χ0) is 12.6. The number of rotatable bonds is 1. The molecule has 1 aliphatic rings. The van der Waals surface area contributed by atoms with Crippen LogP contribution in [0.4, 0.5) is 10.1 Å². The molecule has 0 aromatic heterocycles. The van der Waals surface area contributed by atoms with E-state index in [0.717, 1.165) is 0 Å². The van der Waals surface area contributed by atoms with Crippen LogP contribution < -0.4 is 4.90 Å². The molecule has 0 aliphatic carbocycles. The van der Waals surface area contributed by atoms with Crippen molar-refractivity contribution in [2.75, 3.05) is 4.90 Å². The summed E-state index contributed by atoms with van der Waals surface area (Å²) in [6, 6.07) is 7.92. The van der Waals surface area contributed by atoms with Crippen LogP contribution in [0.1, 0.15) is 20.3 Å². The molecule has 1 unspecified atom stereocenters. The van der Waals surface area contributed by atoms with E-state index in [1.165, 1.54) is 12.1 Å². The van der Waals surface area contributed by atoms with Gasteiger partial charge in [0.05, 0.1) is 17.5 Å². The summed E-state index contributed by atoms with van der Waals surface area (Å²) in [6.45, 7) is 3.71. The third-order valence-electron chi connectivity index (χ3n) is 3.30. The Morgan fingerprint density at radius 2 is 2.00 bits per heavy atom. The molecule has 0 saturated carbocycles. The van der Waals surface area contributed by atoms with Crippen molar-refractivity contribution in [1.29, 1.82) is 5.26 Å². The Morgan fingerprint density at radius 3 is 2.47 bits per heavy atom. The average Bonchev–Trinajstić information content (AvgIpc) is 2.50. The standard InChI is InChI=1S/C13H13FN2O/c1-13(2)9(8-15)7-12(17)16(13)11-5-3-10(14)4-6-11/h3-6,9H,7H2,1-2H3. The van der Waals surface area contributed by atoms with Gasteiger partial charge in [-0.2, -0.15) is 5.26 Å². The third kappa shape index (κ3) is 1.78. The topological polar surface area (TPSA) is 44.1 Å². The van der Waals surface area contributed by atoms with Gasteiger partial charge in [0.25, 0.3) is 0 Å². The van der Waals surface area contributed by atoms with Gasteiger partial charge >= 0.3 is 0 Å². The van der Waals surface area contributed by atoms with Gasteiger partial charge in [0.1, 0.15) is 5.82 Å². The lowest BCUT2D eigenvalue weighted by atomic mass is 9.89. The first-order valence-electron chi connectivity index (χ1n) is 5.45. The lowest BCUT2D eigenvalue weighted by Gasteiger charge is -2.33. The minimum atomic E-state index is -0.552. The molecule has 88 valence electrons. The van der Waals surface area contributed by atoms with E-state index in [9.17, 15) is 9.18 Å². The predicted molar refractivity (Wildman–Crippen MR) is 61.7 cm³/mol. The van der Waals surface area contributed by atoms with Crippen LogP contribution in [-0.2, 0) is 4.79 Å². The van der Waals surface area contributed by atoms with Gasteiger partial charge in [-0.1, -0.05) is 0 Å². The summed E-state index contributed by atoms with van der Waals surface area (Å²) >= 11 is 0. The second kappa shape index (κ2) is 3.85. The summed E-state index contributed by atoms with van der Waals surface area (Å²) in [5.41, 5.74) is 0.0862. The maximum Gasteiger partial charge on any atom is 0.228 e. The molecule has 1 amide bonds. The van der Waals surface area contributed by atoms with Gasteiger partial charge in [-0.25, -0.2) is 4.39 Å². The largest absolute Gasteiger partial charge is 0.306 e. The van der Waals surface area contributed by atoms with Crippen LogP contribution in [0.3, 0.4) is 0 Å². The highest BCUT2D eigenvalue weighted by molar-refractivity contribution is 5.98. The van der Waals surface area contributed by atoms with Crippen molar-refractivity contribution >= 4 is 11.6 Å². The number of hydrogen-bond acceptors (Lipinski definition) is 2. The smallest absolute Gasteiger partial charge is 0.228 e.